The van der Waals surface area contributed by atoms with Crippen LogP contribution >= 0.6 is 11.6 Å². The molecule has 0 atom stereocenters. The molecule has 100 valence electrons. The lowest BCUT2D eigenvalue weighted by molar-refractivity contribution is 0.811. The molecule has 0 spiro atoms. The SMILES string of the molecule is CNCc1ccnc(N(C)Cc2ccc(Cl)cc2)c1. The molecular formula is C15H18ClN3. The number of anilines is 1. The van der Waals surface area contributed by atoms with E-state index in [-0.39, 0.29) is 0 Å². The Bertz CT molecular complexity index is 525. The van der Waals surface area contributed by atoms with Gasteiger partial charge in [0.15, 0.2) is 0 Å². The predicted molar refractivity (Wildman–Crippen MR) is 80.6 cm³/mol. The van der Waals surface area contributed by atoms with Crippen LogP contribution in [0.3, 0.4) is 0 Å². The number of benzene rings is 1. The van der Waals surface area contributed by atoms with Gasteiger partial charge in [-0.3, -0.25) is 0 Å². The largest absolute Gasteiger partial charge is 0.355 e. The number of pyridine rings is 1. The summed E-state index contributed by atoms with van der Waals surface area (Å²) < 4.78 is 0. The summed E-state index contributed by atoms with van der Waals surface area (Å²) in [5.74, 6) is 0.975. The number of halogens is 1. The van der Waals surface area contributed by atoms with Crippen molar-refractivity contribution in [2.75, 3.05) is 19.0 Å². The van der Waals surface area contributed by atoms with Gasteiger partial charge in [0.1, 0.15) is 5.82 Å². The highest BCUT2D eigenvalue weighted by Crippen LogP contribution is 2.16. The molecular weight excluding hydrogens is 258 g/mol. The van der Waals surface area contributed by atoms with E-state index in [1.807, 2.05) is 50.6 Å². The number of nitrogens with zero attached hydrogens (tertiary/aromatic N) is 2. The smallest absolute Gasteiger partial charge is 0.128 e. The molecule has 0 bridgehead atoms. The third kappa shape index (κ3) is 3.94. The molecule has 0 fully saturated rings. The van der Waals surface area contributed by atoms with Gasteiger partial charge in [0.25, 0.3) is 0 Å². The van der Waals surface area contributed by atoms with E-state index in [0.717, 1.165) is 23.9 Å². The lowest BCUT2D eigenvalue weighted by Crippen LogP contribution is -2.18. The molecule has 0 unspecified atom stereocenters. The van der Waals surface area contributed by atoms with E-state index in [1.165, 1.54) is 11.1 Å². The van der Waals surface area contributed by atoms with Crippen molar-refractivity contribution in [3.8, 4) is 0 Å². The molecule has 0 radical (unpaired) electrons. The summed E-state index contributed by atoms with van der Waals surface area (Å²) in [4.78, 5) is 6.53. The number of hydrogen-bond acceptors (Lipinski definition) is 3. The van der Waals surface area contributed by atoms with Crippen molar-refractivity contribution in [1.29, 1.82) is 0 Å². The highest BCUT2D eigenvalue weighted by atomic mass is 35.5. The second-order valence-electron chi connectivity index (χ2n) is 4.54. The normalized spacial score (nSPS) is 10.5. The van der Waals surface area contributed by atoms with Gasteiger partial charge in [-0.05, 0) is 42.4 Å². The third-order valence-electron chi connectivity index (χ3n) is 2.91. The Balaban J connectivity index is 2.08. The molecule has 0 saturated heterocycles. The lowest BCUT2D eigenvalue weighted by atomic mass is 10.2. The van der Waals surface area contributed by atoms with Crippen LogP contribution in [-0.2, 0) is 13.1 Å². The zero-order chi connectivity index (χ0) is 13.7. The maximum atomic E-state index is 5.89. The molecule has 3 nitrogen and oxygen atoms in total. The van der Waals surface area contributed by atoms with E-state index in [0.29, 0.717) is 0 Å². The van der Waals surface area contributed by atoms with Gasteiger partial charge in [-0.25, -0.2) is 4.98 Å². The molecule has 1 N–H and O–H groups in total. The maximum absolute atomic E-state index is 5.89. The summed E-state index contributed by atoms with van der Waals surface area (Å²) in [5, 5.41) is 3.91. The van der Waals surface area contributed by atoms with Crippen molar-refractivity contribution in [3.63, 3.8) is 0 Å². The maximum Gasteiger partial charge on any atom is 0.128 e. The summed E-state index contributed by atoms with van der Waals surface area (Å²) >= 11 is 5.89. The van der Waals surface area contributed by atoms with Crippen molar-refractivity contribution < 1.29 is 0 Å². The number of hydrogen-bond donors (Lipinski definition) is 1. The topological polar surface area (TPSA) is 28.2 Å². The Hall–Kier alpha value is -1.58. The van der Waals surface area contributed by atoms with Gasteiger partial charge in [-0.1, -0.05) is 23.7 Å². The van der Waals surface area contributed by atoms with E-state index in [2.05, 4.69) is 21.3 Å². The fourth-order valence-electron chi connectivity index (χ4n) is 1.93. The number of aromatic nitrogens is 1. The van der Waals surface area contributed by atoms with Crippen molar-refractivity contribution in [2.45, 2.75) is 13.1 Å². The molecule has 1 aromatic carbocycles. The number of rotatable bonds is 5. The highest BCUT2D eigenvalue weighted by molar-refractivity contribution is 6.30. The average Bonchev–Trinajstić information content (AvgIpc) is 2.42. The molecule has 2 rings (SSSR count). The van der Waals surface area contributed by atoms with Crippen LogP contribution in [0.1, 0.15) is 11.1 Å². The minimum Gasteiger partial charge on any atom is -0.355 e. The van der Waals surface area contributed by atoms with E-state index in [9.17, 15) is 0 Å². The quantitative estimate of drug-likeness (QED) is 0.909. The first kappa shape index (κ1) is 13.8. The van der Waals surface area contributed by atoms with Crippen molar-refractivity contribution in [3.05, 3.63) is 58.7 Å². The molecule has 19 heavy (non-hydrogen) atoms. The average molecular weight is 276 g/mol. The predicted octanol–water partition coefficient (Wildman–Crippen LogP) is 3.09. The molecule has 0 saturated carbocycles. The zero-order valence-corrected chi connectivity index (χ0v) is 12.0. The van der Waals surface area contributed by atoms with Crippen LogP contribution in [0, 0.1) is 0 Å². The Morgan fingerprint density at radius 1 is 1.16 bits per heavy atom. The van der Waals surface area contributed by atoms with Crippen LogP contribution in [0.2, 0.25) is 5.02 Å². The Morgan fingerprint density at radius 2 is 1.89 bits per heavy atom. The van der Waals surface area contributed by atoms with Gasteiger partial charge in [-0.15, -0.1) is 0 Å². The van der Waals surface area contributed by atoms with Crippen molar-refractivity contribution in [1.82, 2.24) is 10.3 Å². The first-order valence-corrected chi connectivity index (χ1v) is 6.62. The van der Waals surface area contributed by atoms with E-state index in [4.69, 9.17) is 11.6 Å². The Labute approximate surface area is 119 Å². The minimum absolute atomic E-state index is 0.764. The highest BCUT2D eigenvalue weighted by Gasteiger charge is 2.04. The molecule has 0 aliphatic carbocycles. The second kappa shape index (κ2) is 6.55. The van der Waals surface area contributed by atoms with Gasteiger partial charge in [0, 0.05) is 31.4 Å². The molecule has 1 aromatic heterocycles. The third-order valence-corrected chi connectivity index (χ3v) is 3.17. The molecule has 0 aliphatic heterocycles. The van der Waals surface area contributed by atoms with Crippen LogP contribution in [0.4, 0.5) is 5.82 Å². The minimum atomic E-state index is 0.764. The Morgan fingerprint density at radius 3 is 2.58 bits per heavy atom. The van der Waals surface area contributed by atoms with Gasteiger partial charge in [-0.2, -0.15) is 0 Å². The van der Waals surface area contributed by atoms with Gasteiger partial charge in [0.05, 0.1) is 0 Å². The standard InChI is InChI=1S/C15H18ClN3/c1-17-10-13-7-8-18-15(9-13)19(2)11-12-3-5-14(16)6-4-12/h3-9,17H,10-11H2,1-2H3. The van der Waals surface area contributed by atoms with Gasteiger partial charge < -0.3 is 10.2 Å². The van der Waals surface area contributed by atoms with E-state index >= 15 is 0 Å². The molecule has 2 aromatic rings. The van der Waals surface area contributed by atoms with E-state index < -0.39 is 0 Å². The van der Waals surface area contributed by atoms with Crippen molar-refractivity contribution in [2.24, 2.45) is 0 Å². The first-order chi connectivity index (χ1) is 9.19. The zero-order valence-electron chi connectivity index (χ0n) is 11.2. The summed E-state index contributed by atoms with van der Waals surface area (Å²) in [5.41, 5.74) is 2.45. The van der Waals surface area contributed by atoms with Crippen LogP contribution < -0.4 is 10.2 Å². The first-order valence-electron chi connectivity index (χ1n) is 6.24. The number of nitrogens with one attached hydrogen (secondary N) is 1. The molecule has 1 heterocycles. The van der Waals surface area contributed by atoms with Gasteiger partial charge in [0.2, 0.25) is 0 Å². The molecule has 4 heteroatoms. The van der Waals surface area contributed by atoms with Crippen LogP contribution in [0.15, 0.2) is 42.6 Å². The summed E-state index contributed by atoms with van der Waals surface area (Å²) in [6.45, 7) is 1.66. The fraction of sp³-hybridized carbons (Fsp3) is 0.267. The lowest BCUT2D eigenvalue weighted by Gasteiger charge is -2.19. The summed E-state index contributed by atoms with van der Waals surface area (Å²) in [7, 11) is 3.98. The molecule has 0 aliphatic rings. The van der Waals surface area contributed by atoms with Crippen molar-refractivity contribution >= 4 is 17.4 Å². The fourth-order valence-corrected chi connectivity index (χ4v) is 2.05. The monoisotopic (exact) mass is 275 g/mol. The summed E-state index contributed by atoms with van der Waals surface area (Å²) in [6.07, 6.45) is 1.85. The molecule has 0 amide bonds. The van der Waals surface area contributed by atoms with Crippen LogP contribution in [0.5, 0.6) is 0 Å². The summed E-state index contributed by atoms with van der Waals surface area (Å²) in [6, 6.07) is 12.0. The van der Waals surface area contributed by atoms with Gasteiger partial charge >= 0.3 is 0 Å². The Kier molecular flexibility index (Phi) is 4.77. The van der Waals surface area contributed by atoms with Crippen LogP contribution in [0.25, 0.3) is 0 Å². The second-order valence-corrected chi connectivity index (χ2v) is 4.97. The van der Waals surface area contributed by atoms with Crippen LogP contribution in [-0.4, -0.2) is 19.1 Å². The van der Waals surface area contributed by atoms with E-state index in [1.54, 1.807) is 0 Å².